The first kappa shape index (κ1) is 15.6. The maximum atomic E-state index is 12.6. The van der Waals surface area contributed by atoms with Crippen LogP contribution < -0.4 is 0 Å². The number of sulfonamides is 1. The molecule has 0 bridgehead atoms. The zero-order chi connectivity index (χ0) is 15.5. The maximum absolute atomic E-state index is 12.6. The maximum Gasteiger partial charge on any atom is 0.247 e. The number of hydrogen-bond donors (Lipinski definition) is 1. The first-order valence-electron chi connectivity index (χ1n) is 6.50. The van der Waals surface area contributed by atoms with Crippen molar-refractivity contribution in [1.29, 1.82) is 0 Å². The largest absolute Gasteiger partial charge is 0.423 e. The van der Waals surface area contributed by atoms with E-state index in [0.717, 1.165) is 0 Å². The van der Waals surface area contributed by atoms with E-state index in [1.165, 1.54) is 22.8 Å². The predicted molar refractivity (Wildman–Crippen MR) is 75.8 cm³/mol. The second kappa shape index (κ2) is 6.33. The molecule has 8 heteroatoms. The Hall–Kier alpha value is -1.77. The molecule has 1 N–H and O–H groups in total. The van der Waals surface area contributed by atoms with Gasteiger partial charge in [-0.1, -0.05) is 13.0 Å². The molecule has 1 aromatic carbocycles. The number of aliphatic hydroxyl groups is 1. The number of likely N-dealkylation sites (N-methyl/N-ethyl adjacent to an activating group) is 1. The van der Waals surface area contributed by atoms with Crippen molar-refractivity contribution in [3.63, 3.8) is 0 Å². The minimum absolute atomic E-state index is 0.0453. The normalized spacial score (nSPS) is 13.5. The van der Waals surface area contributed by atoms with Crippen LogP contribution in [-0.4, -0.2) is 47.2 Å². The van der Waals surface area contributed by atoms with Crippen molar-refractivity contribution in [3.05, 3.63) is 30.7 Å². The number of nitrogens with zero attached hydrogens (tertiary/aromatic N) is 3. The van der Waals surface area contributed by atoms with E-state index in [4.69, 9.17) is 4.42 Å². The van der Waals surface area contributed by atoms with E-state index >= 15 is 0 Å². The summed E-state index contributed by atoms with van der Waals surface area (Å²) in [6.07, 6.45) is 0.446. The molecule has 21 heavy (non-hydrogen) atoms. The predicted octanol–water partition coefficient (Wildman–Crippen LogP) is 1.13. The van der Waals surface area contributed by atoms with Gasteiger partial charge in [0, 0.05) is 18.7 Å². The molecule has 0 radical (unpaired) electrons. The lowest BCUT2D eigenvalue weighted by Gasteiger charge is -2.22. The van der Waals surface area contributed by atoms with Crippen LogP contribution in [0.1, 0.15) is 13.8 Å². The van der Waals surface area contributed by atoms with Crippen molar-refractivity contribution < 1.29 is 17.9 Å². The first-order chi connectivity index (χ1) is 9.95. The van der Waals surface area contributed by atoms with E-state index in [1.54, 1.807) is 26.0 Å². The monoisotopic (exact) mass is 311 g/mol. The summed E-state index contributed by atoms with van der Waals surface area (Å²) in [5.41, 5.74) is 0.529. The number of rotatable bonds is 6. The molecule has 1 aromatic heterocycles. The summed E-state index contributed by atoms with van der Waals surface area (Å²) in [7, 11) is -3.68. The third-order valence-corrected chi connectivity index (χ3v) is 4.84. The molecule has 114 valence electrons. The van der Waals surface area contributed by atoms with E-state index in [2.05, 4.69) is 10.2 Å². The Morgan fingerprint density at radius 1 is 1.43 bits per heavy atom. The Morgan fingerprint density at radius 3 is 2.76 bits per heavy atom. The van der Waals surface area contributed by atoms with E-state index in [9.17, 15) is 13.5 Å². The quantitative estimate of drug-likeness (QED) is 0.859. The van der Waals surface area contributed by atoms with Crippen LogP contribution in [0.2, 0.25) is 0 Å². The van der Waals surface area contributed by atoms with E-state index in [1.807, 2.05) is 0 Å². The topological polar surface area (TPSA) is 96.5 Å². The minimum atomic E-state index is -3.68. The van der Waals surface area contributed by atoms with Crippen LogP contribution in [0.3, 0.4) is 0 Å². The van der Waals surface area contributed by atoms with Crippen LogP contribution in [0.15, 0.2) is 40.0 Å². The number of aromatic nitrogens is 2. The standard InChI is InChI=1S/C13H17N3O4S/c1-3-16(8-10(2)17)21(18,19)12-6-4-5-11(7-12)13-15-14-9-20-13/h4-7,9-10,17H,3,8H2,1-2H3/t10-/m1/s1. The molecule has 0 saturated heterocycles. The third-order valence-electron chi connectivity index (χ3n) is 2.90. The Labute approximate surface area is 123 Å². The molecule has 1 heterocycles. The Kier molecular flexibility index (Phi) is 4.71. The van der Waals surface area contributed by atoms with Gasteiger partial charge in [0.25, 0.3) is 0 Å². The van der Waals surface area contributed by atoms with Gasteiger partial charge in [0.2, 0.25) is 22.3 Å². The summed E-state index contributed by atoms with van der Waals surface area (Å²) in [5, 5.41) is 16.8. The summed E-state index contributed by atoms with van der Waals surface area (Å²) < 4.78 is 31.4. The average molecular weight is 311 g/mol. The summed E-state index contributed by atoms with van der Waals surface area (Å²) in [6.45, 7) is 3.59. The lowest BCUT2D eigenvalue weighted by Crippen LogP contribution is -2.36. The van der Waals surface area contributed by atoms with Gasteiger partial charge in [0.1, 0.15) is 0 Å². The van der Waals surface area contributed by atoms with Gasteiger partial charge in [-0.25, -0.2) is 8.42 Å². The third kappa shape index (κ3) is 3.46. The fourth-order valence-corrected chi connectivity index (χ4v) is 3.51. The van der Waals surface area contributed by atoms with Gasteiger partial charge in [-0.2, -0.15) is 4.31 Å². The zero-order valence-electron chi connectivity index (χ0n) is 11.8. The molecule has 1 atom stereocenters. The van der Waals surface area contributed by atoms with Crippen LogP contribution in [0.25, 0.3) is 11.5 Å². The molecule has 0 amide bonds. The molecular formula is C13H17N3O4S. The first-order valence-corrected chi connectivity index (χ1v) is 7.94. The van der Waals surface area contributed by atoms with Crippen LogP contribution in [-0.2, 0) is 10.0 Å². The Balaban J connectivity index is 2.38. The highest BCUT2D eigenvalue weighted by Gasteiger charge is 2.24. The second-order valence-corrected chi connectivity index (χ2v) is 6.51. The van der Waals surface area contributed by atoms with E-state index < -0.39 is 16.1 Å². The lowest BCUT2D eigenvalue weighted by molar-refractivity contribution is 0.165. The Bertz CT molecular complexity index is 683. The highest BCUT2D eigenvalue weighted by molar-refractivity contribution is 7.89. The average Bonchev–Trinajstić information content (AvgIpc) is 2.98. The van der Waals surface area contributed by atoms with Crippen molar-refractivity contribution in [2.24, 2.45) is 0 Å². The van der Waals surface area contributed by atoms with Crippen molar-refractivity contribution in [3.8, 4) is 11.5 Å². The van der Waals surface area contributed by atoms with Crippen molar-refractivity contribution >= 4 is 10.0 Å². The van der Waals surface area contributed by atoms with Gasteiger partial charge in [-0.05, 0) is 25.1 Å². The highest BCUT2D eigenvalue weighted by atomic mass is 32.2. The second-order valence-electron chi connectivity index (χ2n) is 4.58. The molecule has 0 unspecified atom stereocenters. The molecule has 0 spiro atoms. The van der Waals surface area contributed by atoms with Gasteiger partial charge in [-0.3, -0.25) is 0 Å². The summed E-state index contributed by atoms with van der Waals surface area (Å²) in [6, 6.07) is 6.29. The molecule has 0 fully saturated rings. The van der Waals surface area contributed by atoms with Gasteiger partial charge in [-0.15, -0.1) is 10.2 Å². The molecule has 0 saturated carbocycles. The fourth-order valence-electron chi connectivity index (χ4n) is 1.93. The van der Waals surface area contributed by atoms with Crippen molar-refractivity contribution in [2.45, 2.75) is 24.8 Å². The van der Waals surface area contributed by atoms with Crippen LogP contribution >= 0.6 is 0 Å². The smallest absolute Gasteiger partial charge is 0.247 e. The zero-order valence-corrected chi connectivity index (χ0v) is 12.6. The summed E-state index contributed by atoms with van der Waals surface area (Å²) in [4.78, 5) is 0.126. The molecule has 2 rings (SSSR count). The highest BCUT2D eigenvalue weighted by Crippen LogP contribution is 2.22. The molecular weight excluding hydrogens is 294 g/mol. The molecule has 0 aliphatic rings. The minimum Gasteiger partial charge on any atom is -0.423 e. The van der Waals surface area contributed by atoms with Gasteiger partial charge in [0.15, 0.2) is 0 Å². The summed E-state index contributed by atoms with van der Waals surface area (Å²) in [5.74, 6) is 0.255. The molecule has 0 aliphatic carbocycles. The fraction of sp³-hybridized carbons (Fsp3) is 0.385. The molecule has 7 nitrogen and oxygen atoms in total. The van der Waals surface area contributed by atoms with Crippen LogP contribution in [0.5, 0.6) is 0 Å². The van der Waals surface area contributed by atoms with Crippen LogP contribution in [0, 0.1) is 0 Å². The molecule has 2 aromatic rings. The SMILES string of the molecule is CCN(C[C@@H](C)O)S(=O)(=O)c1cccc(-c2nnco2)c1. The van der Waals surface area contributed by atoms with Crippen molar-refractivity contribution in [1.82, 2.24) is 14.5 Å². The number of hydrogen-bond acceptors (Lipinski definition) is 6. The van der Waals surface area contributed by atoms with Crippen molar-refractivity contribution in [2.75, 3.05) is 13.1 Å². The summed E-state index contributed by atoms with van der Waals surface area (Å²) >= 11 is 0. The number of aliphatic hydroxyl groups excluding tert-OH is 1. The van der Waals surface area contributed by atoms with E-state index in [-0.39, 0.29) is 23.9 Å². The lowest BCUT2D eigenvalue weighted by atomic mass is 10.2. The van der Waals surface area contributed by atoms with Gasteiger partial charge in [0.05, 0.1) is 11.0 Å². The number of benzene rings is 1. The van der Waals surface area contributed by atoms with Gasteiger partial charge < -0.3 is 9.52 Å². The van der Waals surface area contributed by atoms with Gasteiger partial charge >= 0.3 is 0 Å². The van der Waals surface area contributed by atoms with Crippen LogP contribution in [0.4, 0.5) is 0 Å². The Morgan fingerprint density at radius 2 is 2.19 bits per heavy atom. The van der Waals surface area contributed by atoms with E-state index in [0.29, 0.717) is 5.56 Å². The molecule has 0 aliphatic heterocycles.